The average Bonchev–Trinajstić information content (AvgIpc) is 2.76. The third-order valence-corrected chi connectivity index (χ3v) is 5.91. The van der Waals surface area contributed by atoms with E-state index in [2.05, 4.69) is 48.2 Å². The predicted molar refractivity (Wildman–Crippen MR) is 118 cm³/mol. The molecule has 6 nitrogen and oxygen atoms in total. The lowest BCUT2D eigenvalue weighted by Crippen LogP contribution is -2.35. The van der Waals surface area contributed by atoms with Crippen molar-refractivity contribution in [2.75, 3.05) is 49.6 Å². The fourth-order valence-corrected chi connectivity index (χ4v) is 4.26. The van der Waals surface area contributed by atoms with E-state index in [0.29, 0.717) is 10.3 Å². The summed E-state index contributed by atoms with van der Waals surface area (Å²) < 4.78 is 6.12. The van der Waals surface area contributed by atoms with E-state index in [9.17, 15) is 4.79 Å². The number of amides is 1. The molecule has 1 amide bonds. The van der Waals surface area contributed by atoms with Gasteiger partial charge in [0.1, 0.15) is 10.3 Å². The summed E-state index contributed by atoms with van der Waals surface area (Å²) in [5, 5.41) is 3.08. The number of carbonyl (C=O) groups excluding carboxylic acids is 1. The Bertz CT molecular complexity index is 848. The minimum Gasteiger partial charge on any atom is -0.379 e. The molecule has 0 bridgehead atoms. The lowest BCUT2D eigenvalue weighted by Gasteiger charge is -2.32. The first-order chi connectivity index (χ1) is 14.2. The molecule has 1 aromatic carbocycles. The van der Waals surface area contributed by atoms with Crippen LogP contribution < -0.4 is 10.2 Å². The van der Waals surface area contributed by atoms with Crippen LogP contribution in [0, 0.1) is 0 Å². The Labute approximate surface area is 180 Å². The quantitative estimate of drug-likeness (QED) is 0.688. The van der Waals surface area contributed by atoms with Crippen LogP contribution in [-0.2, 0) is 11.3 Å². The molecule has 2 fully saturated rings. The van der Waals surface area contributed by atoms with Gasteiger partial charge in [0, 0.05) is 32.7 Å². The zero-order valence-electron chi connectivity index (χ0n) is 16.6. The van der Waals surface area contributed by atoms with E-state index in [4.69, 9.17) is 4.74 Å². The largest absolute Gasteiger partial charge is 0.379 e. The highest BCUT2D eigenvalue weighted by Gasteiger charge is 2.19. The van der Waals surface area contributed by atoms with Crippen LogP contribution in [0.25, 0.3) is 0 Å². The van der Waals surface area contributed by atoms with Crippen molar-refractivity contribution in [3.8, 4) is 0 Å². The second kappa shape index (κ2) is 9.69. The highest BCUT2D eigenvalue weighted by Crippen LogP contribution is 2.31. The second-order valence-electron chi connectivity index (χ2n) is 7.59. The van der Waals surface area contributed by atoms with E-state index in [1.165, 1.54) is 24.8 Å². The number of hydrogen-bond acceptors (Lipinski definition) is 5. The van der Waals surface area contributed by atoms with Gasteiger partial charge in [-0.1, -0.05) is 12.1 Å². The summed E-state index contributed by atoms with van der Waals surface area (Å²) in [6, 6.07) is 11.8. The molecule has 0 atom stereocenters. The summed E-state index contributed by atoms with van der Waals surface area (Å²) in [7, 11) is 0. The maximum Gasteiger partial charge on any atom is 0.274 e. The maximum absolute atomic E-state index is 12.8. The number of nitrogens with one attached hydrogen (secondary N) is 1. The smallest absolute Gasteiger partial charge is 0.274 e. The number of morpholine rings is 1. The molecule has 0 radical (unpaired) electrons. The molecule has 0 aliphatic carbocycles. The molecule has 0 saturated carbocycles. The highest BCUT2D eigenvalue weighted by molar-refractivity contribution is 9.10. The molecule has 1 aromatic heterocycles. The Morgan fingerprint density at radius 2 is 1.86 bits per heavy atom. The van der Waals surface area contributed by atoms with Crippen molar-refractivity contribution in [3.05, 3.63) is 52.3 Å². The number of rotatable bonds is 5. The van der Waals surface area contributed by atoms with Crippen LogP contribution in [0.4, 0.5) is 11.4 Å². The number of halogens is 1. The lowest BCUT2D eigenvalue weighted by molar-refractivity contribution is 0.0342. The monoisotopic (exact) mass is 458 g/mol. The number of ether oxygens (including phenoxy) is 1. The molecule has 7 heteroatoms. The van der Waals surface area contributed by atoms with E-state index in [0.717, 1.165) is 57.3 Å². The van der Waals surface area contributed by atoms with Crippen LogP contribution in [-0.4, -0.2) is 55.2 Å². The number of benzene rings is 1. The van der Waals surface area contributed by atoms with Gasteiger partial charge in [0.2, 0.25) is 0 Å². The SMILES string of the molecule is O=C(Nc1ccc(CN2CCOCC2)cc1N1CCCCC1)c1cccc(Br)n1. The molecular weight excluding hydrogens is 432 g/mol. The number of pyridine rings is 1. The summed E-state index contributed by atoms with van der Waals surface area (Å²) in [4.78, 5) is 21.9. The maximum atomic E-state index is 12.8. The molecule has 29 heavy (non-hydrogen) atoms. The van der Waals surface area contributed by atoms with E-state index in [-0.39, 0.29) is 5.91 Å². The number of carbonyl (C=O) groups is 1. The molecule has 2 saturated heterocycles. The van der Waals surface area contributed by atoms with E-state index < -0.39 is 0 Å². The Morgan fingerprint density at radius 1 is 1.07 bits per heavy atom. The van der Waals surface area contributed by atoms with E-state index in [1.54, 1.807) is 6.07 Å². The number of piperidine rings is 1. The zero-order chi connectivity index (χ0) is 20.1. The summed E-state index contributed by atoms with van der Waals surface area (Å²) >= 11 is 3.34. The minimum absolute atomic E-state index is 0.189. The van der Waals surface area contributed by atoms with E-state index in [1.807, 2.05) is 18.2 Å². The van der Waals surface area contributed by atoms with Crippen LogP contribution in [0.2, 0.25) is 0 Å². The van der Waals surface area contributed by atoms with Crippen molar-refractivity contribution in [2.24, 2.45) is 0 Å². The Hall–Kier alpha value is -1.96. The van der Waals surface area contributed by atoms with Gasteiger partial charge >= 0.3 is 0 Å². The third kappa shape index (κ3) is 5.35. The van der Waals surface area contributed by atoms with Crippen molar-refractivity contribution in [1.82, 2.24) is 9.88 Å². The topological polar surface area (TPSA) is 57.7 Å². The Balaban J connectivity index is 1.56. The molecule has 2 aromatic rings. The van der Waals surface area contributed by atoms with E-state index >= 15 is 0 Å². The van der Waals surface area contributed by atoms with Crippen LogP contribution >= 0.6 is 15.9 Å². The van der Waals surface area contributed by atoms with Crippen LogP contribution in [0.3, 0.4) is 0 Å². The number of aromatic nitrogens is 1. The molecule has 4 rings (SSSR count). The fourth-order valence-electron chi connectivity index (χ4n) is 3.92. The van der Waals surface area contributed by atoms with Crippen LogP contribution in [0.5, 0.6) is 0 Å². The van der Waals surface area contributed by atoms with Gasteiger partial charge in [-0.3, -0.25) is 9.69 Å². The normalized spacial score (nSPS) is 17.9. The molecule has 3 heterocycles. The van der Waals surface area contributed by atoms with Gasteiger partial charge in [-0.15, -0.1) is 0 Å². The minimum atomic E-state index is -0.189. The van der Waals surface area contributed by atoms with Crippen molar-refractivity contribution < 1.29 is 9.53 Å². The van der Waals surface area contributed by atoms with Crippen molar-refractivity contribution in [1.29, 1.82) is 0 Å². The second-order valence-corrected chi connectivity index (χ2v) is 8.40. The zero-order valence-corrected chi connectivity index (χ0v) is 18.2. The van der Waals surface area contributed by atoms with Gasteiger partial charge in [0.15, 0.2) is 0 Å². The summed E-state index contributed by atoms with van der Waals surface area (Å²) in [6.45, 7) is 6.49. The molecule has 154 valence electrons. The number of hydrogen-bond donors (Lipinski definition) is 1. The molecule has 0 unspecified atom stereocenters. The fraction of sp³-hybridized carbons (Fsp3) is 0.455. The standard InChI is InChI=1S/C22H27BrN4O2/c23-21-6-4-5-19(24-21)22(28)25-18-8-7-17(16-26-11-13-29-14-12-26)15-20(18)27-9-2-1-3-10-27/h4-8,15H,1-3,9-14,16H2,(H,25,28). The summed E-state index contributed by atoms with van der Waals surface area (Å²) in [5.74, 6) is -0.189. The third-order valence-electron chi connectivity index (χ3n) is 5.46. The van der Waals surface area contributed by atoms with Gasteiger partial charge in [-0.2, -0.15) is 0 Å². The van der Waals surface area contributed by atoms with Crippen LogP contribution in [0.1, 0.15) is 35.3 Å². The first-order valence-corrected chi connectivity index (χ1v) is 11.1. The molecule has 2 aliphatic heterocycles. The molecule has 2 aliphatic rings. The predicted octanol–water partition coefficient (Wildman–Crippen LogP) is 3.92. The van der Waals surface area contributed by atoms with Gasteiger partial charge in [-0.05, 0) is 65.0 Å². The highest BCUT2D eigenvalue weighted by atomic mass is 79.9. The van der Waals surface area contributed by atoms with Crippen molar-refractivity contribution >= 4 is 33.2 Å². The number of anilines is 2. The summed E-state index contributed by atoms with van der Waals surface area (Å²) in [6.07, 6.45) is 3.65. The average molecular weight is 459 g/mol. The number of nitrogens with zero attached hydrogens (tertiary/aromatic N) is 3. The van der Waals surface area contributed by atoms with Gasteiger partial charge in [0.25, 0.3) is 5.91 Å². The van der Waals surface area contributed by atoms with Crippen molar-refractivity contribution in [2.45, 2.75) is 25.8 Å². The first kappa shape index (κ1) is 20.3. The van der Waals surface area contributed by atoms with Gasteiger partial charge in [0.05, 0.1) is 24.6 Å². The first-order valence-electron chi connectivity index (χ1n) is 10.3. The Kier molecular flexibility index (Phi) is 6.79. The summed E-state index contributed by atoms with van der Waals surface area (Å²) in [5.41, 5.74) is 3.63. The van der Waals surface area contributed by atoms with Crippen LogP contribution in [0.15, 0.2) is 41.0 Å². The lowest BCUT2D eigenvalue weighted by atomic mass is 10.1. The molecule has 1 N–H and O–H groups in total. The molecular formula is C22H27BrN4O2. The Morgan fingerprint density at radius 3 is 2.62 bits per heavy atom. The molecule has 0 spiro atoms. The van der Waals surface area contributed by atoms with Crippen molar-refractivity contribution in [3.63, 3.8) is 0 Å². The van der Waals surface area contributed by atoms with Gasteiger partial charge in [-0.25, -0.2) is 4.98 Å². The van der Waals surface area contributed by atoms with Gasteiger partial charge < -0.3 is 15.0 Å².